The molecule has 2 spiro atoms. The number of phenolic OH excluding ortho intramolecular Hbond substituents is 1. The maximum atomic E-state index is 12.2. The average molecular weight is 468 g/mol. The Morgan fingerprint density at radius 3 is 2.59 bits per heavy atom. The fourth-order valence-electron chi connectivity index (χ4n) is 9.58. The molecule has 4 saturated carbocycles. The lowest BCUT2D eigenvalue weighted by atomic mass is 9.33. The van der Waals surface area contributed by atoms with E-state index in [9.17, 15) is 10.2 Å². The van der Waals surface area contributed by atoms with E-state index in [-0.39, 0.29) is 34.0 Å². The van der Waals surface area contributed by atoms with E-state index in [0.717, 1.165) is 44.6 Å². The molecule has 5 fully saturated rings. The van der Waals surface area contributed by atoms with Crippen LogP contribution in [0.15, 0.2) is 12.1 Å². The highest BCUT2D eigenvalue weighted by atomic mass is 16.6. The van der Waals surface area contributed by atoms with Crippen LogP contribution in [0.5, 0.6) is 11.5 Å². The Bertz CT molecular complexity index is 1060. The molecule has 1 saturated heterocycles. The summed E-state index contributed by atoms with van der Waals surface area (Å²) in [5, 5.41) is 23.2. The lowest BCUT2D eigenvalue weighted by molar-refractivity contribution is -0.312. The molecule has 7 aliphatic rings. The number of hydrogen-bond acceptors (Lipinski definition) is 5. The van der Waals surface area contributed by atoms with Crippen molar-refractivity contribution in [3.8, 4) is 11.5 Å². The summed E-state index contributed by atoms with van der Waals surface area (Å²) in [6, 6.07) is 4.46. The maximum absolute atomic E-state index is 12.2. The molecule has 1 aromatic carbocycles. The predicted octanol–water partition coefficient (Wildman–Crippen LogP) is 4.41. The van der Waals surface area contributed by atoms with Gasteiger partial charge < -0.3 is 19.7 Å². The van der Waals surface area contributed by atoms with Gasteiger partial charge in [0.2, 0.25) is 0 Å². The van der Waals surface area contributed by atoms with E-state index in [4.69, 9.17) is 9.47 Å². The number of rotatable bonds is 4. The molecule has 2 N–H and O–H groups in total. The van der Waals surface area contributed by atoms with Gasteiger partial charge in [-0.2, -0.15) is 0 Å². The fraction of sp³-hybridized carbons (Fsp3) is 0.793. The first kappa shape index (κ1) is 21.9. The second kappa shape index (κ2) is 6.33. The Hall–Kier alpha value is -1.30. The van der Waals surface area contributed by atoms with E-state index < -0.39 is 11.2 Å². The standard InChI is InChI=1S/C29H41NO4/c1-25(2,3)26(4,32)20-15-27-10-11-29(20,33-5)24-28(27)12-13-30(16-17-6-7-17)21(27)14-18-8-9-19(31)23(34-24)22(18)28/h8-9,17,20-21,24,31-32H,6-7,10-16H2,1-5H3/t20?,21?,24?,26?,27?,28?,29-/m1/s1. The lowest BCUT2D eigenvalue weighted by Crippen LogP contribution is -2.83. The van der Waals surface area contributed by atoms with E-state index >= 15 is 0 Å². The SMILES string of the molecule is CO[C@]12CCC3(CC1C(C)(O)C(C)(C)C)C1Cc4ccc(O)c5c4C3(CCN1CC1CC1)C2O5. The van der Waals surface area contributed by atoms with E-state index in [1.54, 1.807) is 0 Å². The van der Waals surface area contributed by atoms with Gasteiger partial charge in [0.25, 0.3) is 0 Å². The van der Waals surface area contributed by atoms with Gasteiger partial charge >= 0.3 is 0 Å². The number of piperidine rings is 1. The van der Waals surface area contributed by atoms with Gasteiger partial charge in [0, 0.05) is 42.0 Å². The molecule has 8 rings (SSSR count). The Morgan fingerprint density at radius 2 is 1.91 bits per heavy atom. The molecular weight excluding hydrogens is 426 g/mol. The second-order valence-corrected chi connectivity index (χ2v) is 13.8. The minimum absolute atomic E-state index is 0.0294. The van der Waals surface area contributed by atoms with Crippen LogP contribution in [0.25, 0.3) is 0 Å². The number of nitrogens with zero attached hydrogens (tertiary/aromatic N) is 1. The highest BCUT2D eigenvalue weighted by molar-refractivity contribution is 5.63. The molecule has 1 aromatic rings. The summed E-state index contributed by atoms with van der Waals surface area (Å²) in [6.45, 7) is 10.8. The van der Waals surface area contributed by atoms with Gasteiger partial charge in [0.15, 0.2) is 11.5 Å². The minimum Gasteiger partial charge on any atom is -0.504 e. The van der Waals surface area contributed by atoms with Crippen molar-refractivity contribution >= 4 is 0 Å². The molecular formula is C29H41NO4. The van der Waals surface area contributed by atoms with Crippen LogP contribution in [0.4, 0.5) is 0 Å². The van der Waals surface area contributed by atoms with Crippen LogP contribution in [0, 0.1) is 22.7 Å². The molecule has 4 bridgehead atoms. The van der Waals surface area contributed by atoms with Crippen molar-refractivity contribution in [3.63, 3.8) is 0 Å². The zero-order chi connectivity index (χ0) is 23.9. The Morgan fingerprint density at radius 1 is 1.15 bits per heavy atom. The largest absolute Gasteiger partial charge is 0.504 e. The average Bonchev–Trinajstić information content (AvgIpc) is 3.53. The minimum atomic E-state index is -0.909. The third-order valence-corrected chi connectivity index (χ3v) is 11.9. The van der Waals surface area contributed by atoms with Gasteiger partial charge in [-0.05, 0) is 81.4 Å². The van der Waals surface area contributed by atoms with Crippen LogP contribution >= 0.6 is 0 Å². The zero-order valence-corrected chi connectivity index (χ0v) is 21.5. The Balaban J connectivity index is 1.47. The monoisotopic (exact) mass is 467 g/mol. The number of benzene rings is 1. The van der Waals surface area contributed by atoms with Crippen molar-refractivity contribution in [1.82, 2.24) is 4.90 Å². The zero-order valence-electron chi connectivity index (χ0n) is 21.5. The summed E-state index contributed by atoms with van der Waals surface area (Å²) in [6.07, 6.45) is 7.64. The van der Waals surface area contributed by atoms with Crippen molar-refractivity contribution in [3.05, 3.63) is 23.3 Å². The number of hydrogen-bond donors (Lipinski definition) is 2. The van der Waals surface area contributed by atoms with Crippen LogP contribution in [-0.2, 0) is 16.6 Å². The number of ether oxygens (including phenoxy) is 2. The highest BCUT2D eigenvalue weighted by Gasteiger charge is 2.82. The topological polar surface area (TPSA) is 62.2 Å². The summed E-state index contributed by atoms with van der Waals surface area (Å²) in [5.74, 6) is 1.80. The van der Waals surface area contributed by atoms with Gasteiger partial charge in [-0.3, -0.25) is 4.90 Å². The summed E-state index contributed by atoms with van der Waals surface area (Å²) < 4.78 is 13.5. The number of phenols is 1. The lowest BCUT2D eigenvalue weighted by Gasteiger charge is -2.75. The molecule has 7 atom stereocenters. The normalized spacial score (nSPS) is 43.9. The molecule has 6 unspecified atom stereocenters. The number of aliphatic hydroxyl groups is 1. The number of fused-ring (bicyclic) bond motifs is 2. The van der Waals surface area contributed by atoms with Crippen LogP contribution < -0.4 is 4.74 Å². The predicted molar refractivity (Wildman–Crippen MR) is 130 cm³/mol. The third-order valence-electron chi connectivity index (χ3n) is 11.9. The van der Waals surface area contributed by atoms with E-state index in [1.165, 1.54) is 30.5 Å². The Kier molecular flexibility index (Phi) is 4.08. The first-order valence-corrected chi connectivity index (χ1v) is 13.6. The summed E-state index contributed by atoms with van der Waals surface area (Å²) in [4.78, 5) is 2.82. The van der Waals surface area contributed by atoms with Crippen LogP contribution in [-0.4, -0.2) is 58.7 Å². The number of methoxy groups -OCH3 is 1. The molecule has 5 aliphatic carbocycles. The molecule has 34 heavy (non-hydrogen) atoms. The molecule has 186 valence electrons. The maximum Gasteiger partial charge on any atom is 0.165 e. The molecule has 0 amide bonds. The molecule has 5 heteroatoms. The molecule has 2 aliphatic heterocycles. The van der Waals surface area contributed by atoms with Crippen molar-refractivity contribution in [2.75, 3.05) is 20.2 Å². The summed E-state index contributed by atoms with van der Waals surface area (Å²) in [5.41, 5.74) is 0.783. The molecule has 5 nitrogen and oxygen atoms in total. The van der Waals surface area contributed by atoms with Crippen LogP contribution in [0.1, 0.15) is 77.3 Å². The van der Waals surface area contributed by atoms with Gasteiger partial charge in [0.1, 0.15) is 11.7 Å². The number of aromatic hydroxyl groups is 1. The third kappa shape index (κ3) is 2.25. The first-order valence-electron chi connectivity index (χ1n) is 13.6. The van der Waals surface area contributed by atoms with Gasteiger partial charge in [-0.1, -0.05) is 26.8 Å². The fourth-order valence-corrected chi connectivity index (χ4v) is 9.58. The highest BCUT2D eigenvalue weighted by Crippen LogP contribution is 2.78. The van der Waals surface area contributed by atoms with E-state index in [2.05, 4.69) is 31.7 Å². The van der Waals surface area contributed by atoms with Crippen molar-refractivity contribution < 1.29 is 19.7 Å². The molecule has 2 heterocycles. The molecule has 0 aromatic heterocycles. The van der Waals surface area contributed by atoms with E-state index in [1.807, 2.05) is 20.1 Å². The smallest absolute Gasteiger partial charge is 0.165 e. The van der Waals surface area contributed by atoms with Crippen LogP contribution in [0.2, 0.25) is 0 Å². The second-order valence-electron chi connectivity index (χ2n) is 13.8. The van der Waals surface area contributed by atoms with Gasteiger partial charge in [-0.25, -0.2) is 0 Å². The quantitative estimate of drug-likeness (QED) is 0.687. The van der Waals surface area contributed by atoms with Crippen molar-refractivity contribution in [2.24, 2.45) is 22.7 Å². The first-order chi connectivity index (χ1) is 16.0. The summed E-state index contributed by atoms with van der Waals surface area (Å²) >= 11 is 0. The van der Waals surface area contributed by atoms with Crippen molar-refractivity contribution in [1.29, 1.82) is 0 Å². The molecule has 0 radical (unpaired) electrons. The van der Waals surface area contributed by atoms with Gasteiger partial charge in [0.05, 0.1) is 5.60 Å². The van der Waals surface area contributed by atoms with Crippen LogP contribution in [0.3, 0.4) is 0 Å². The Labute approximate surface area is 203 Å². The van der Waals surface area contributed by atoms with E-state index in [0.29, 0.717) is 11.8 Å². The summed E-state index contributed by atoms with van der Waals surface area (Å²) in [7, 11) is 1.83. The number of likely N-dealkylation sites (tertiary alicyclic amines) is 1. The van der Waals surface area contributed by atoms with Crippen molar-refractivity contribution in [2.45, 2.75) is 101 Å². The van der Waals surface area contributed by atoms with Gasteiger partial charge in [-0.15, -0.1) is 0 Å².